The summed E-state index contributed by atoms with van der Waals surface area (Å²) in [6, 6.07) is 6.39. The third-order valence-electron chi connectivity index (χ3n) is 4.16. The molecule has 21 heavy (non-hydrogen) atoms. The van der Waals surface area contributed by atoms with Gasteiger partial charge in [0.1, 0.15) is 5.88 Å². The number of rotatable bonds is 5. The van der Waals surface area contributed by atoms with Gasteiger partial charge in [-0.15, -0.1) is 0 Å². The van der Waals surface area contributed by atoms with Gasteiger partial charge >= 0.3 is 0 Å². The molecule has 0 unspecified atom stereocenters. The number of aryl methyl sites for hydroxylation is 1. The van der Waals surface area contributed by atoms with Crippen molar-refractivity contribution in [2.24, 2.45) is 0 Å². The van der Waals surface area contributed by atoms with Crippen molar-refractivity contribution in [2.45, 2.75) is 38.5 Å². The molecule has 2 N–H and O–H groups in total. The number of nitrogens with zero attached hydrogens (tertiary/aromatic N) is 1. The molecule has 0 aromatic heterocycles. The van der Waals surface area contributed by atoms with E-state index >= 15 is 0 Å². The van der Waals surface area contributed by atoms with Crippen LogP contribution in [0.5, 0.6) is 0 Å². The lowest BCUT2D eigenvalue weighted by Crippen LogP contribution is -2.36. The number of nitrogen functional groups attached to an aromatic ring is 1. The summed E-state index contributed by atoms with van der Waals surface area (Å²) < 4.78 is 22.7. The van der Waals surface area contributed by atoms with Crippen molar-refractivity contribution < 1.29 is 8.42 Å². The number of hydrogen-bond acceptors (Lipinski definition) is 4. The molecule has 0 saturated carbocycles. The van der Waals surface area contributed by atoms with Gasteiger partial charge in [0.05, 0.1) is 0 Å². The van der Waals surface area contributed by atoms with Gasteiger partial charge in [0.15, 0.2) is 9.84 Å². The number of piperidine rings is 1. The number of likely N-dealkylation sites (tertiary alicyclic amines) is 1. The molecular formula is C16H26N2O2S. The average Bonchev–Trinajstić information content (AvgIpc) is 2.41. The van der Waals surface area contributed by atoms with E-state index in [1.54, 1.807) is 0 Å². The Balaban J connectivity index is 2.00. The van der Waals surface area contributed by atoms with E-state index in [0.717, 1.165) is 44.5 Å². The van der Waals surface area contributed by atoms with Crippen LogP contribution in [0, 0.1) is 0 Å². The molecule has 2 rings (SSSR count). The van der Waals surface area contributed by atoms with E-state index in [1.807, 2.05) is 11.0 Å². The van der Waals surface area contributed by atoms with Gasteiger partial charge in [0.2, 0.25) is 0 Å². The third-order valence-corrected chi connectivity index (χ3v) is 5.00. The van der Waals surface area contributed by atoms with Crippen LogP contribution >= 0.6 is 0 Å². The molecule has 1 aromatic rings. The minimum Gasteiger partial charge on any atom is -0.399 e. The normalized spacial score (nSPS) is 18.0. The van der Waals surface area contributed by atoms with E-state index in [1.165, 1.54) is 17.4 Å². The molecule has 5 heteroatoms. The lowest BCUT2D eigenvalue weighted by molar-refractivity contribution is 0.241. The van der Waals surface area contributed by atoms with Crippen LogP contribution in [0.2, 0.25) is 0 Å². The maximum atomic E-state index is 11.3. The molecule has 0 radical (unpaired) electrons. The van der Waals surface area contributed by atoms with Gasteiger partial charge < -0.3 is 5.73 Å². The lowest BCUT2D eigenvalue weighted by Gasteiger charge is -2.31. The van der Waals surface area contributed by atoms with E-state index in [0.29, 0.717) is 5.92 Å². The van der Waals surface area contributed by atoms with Crippen molar-refractivity contribution in [2.75, 3.05) is 31.0 Å². The van der Waals surface area contributed by atoms with Crippen LogP contribution in [0.15, 0.2) is 18.2 Å². The highest BCUT2D eigenvalue weighted by Crippen LogP contribution is 2.30. The Morgan fingerprint density at radius 2 is 1.95 bits per heavy atom. The molecule has 0 spiro atoms. The molecule has 1 saturated heterocycles. The molecule has 0 amide bonds. The minimum absolute atomic E-state index is 0.183. The topological polar surface area (TPSA) is 63.4 Å². The molecule has 1 fully saturated rings. The van der Waals surface area contributed by atoms with Crippen LogP contribution < -0.4 is 5.73 Å². The molecule has 0 aliphatic carbocycles. The summed E-state index contributed by atoms with van der Waals surface area (Å²) in [5.41, 5.74) is 9.50. The van der Waals surface area contributed by atoms with Crippen LogP contribution in [0.3, 0.4) is 0 Å². The van der Waals surface area contributed by atoms with Gasteiger partial charge in [-0.1, -0.05) is 25.5 Å². The standard InChI is InChI=1S/C16H26N2O2S/c1-3-4-15-11-14(5-6-16(15)17)13-7-9-18(10-8-13)12-21(2,19)20/h5-6,11,13H,3-4,7-10,12,17H2,1-2H3. The number of hydrogen-bond donors (Lipinski definition) is 1. The maximum Gasteiger partial charge on any atom is 0.160 e. The molecule has 0 atom stereocenters. The summed E-state index contributed by atoms with van der Waals surface area (Å²) in [4.78, 5) is 2.04. The van der Waals surface area contributed by atoms with Gasteiger partial charge in [0.25, 0.3) is 0 Å². The highest BCUT2D eigenvalue weighted by Gasteiger charge is 2.22. The molecule has 1 aliphatic rings. The first-order chi connectivity index (χ1) is 9.89. The monoisotopic (exact) mass is 310 g/mol. The minimum atomic E-state index is -2.92. The second kappa shape index (κ2) is 6.79. The number of nitrogens with two attached hydrogens (primary N) is 1. The van der Waals surface area contributed by atoms with Crippen molar-refractivity contribution in [1.29, 1.82) is 0 Å². The van der Waals surface area contributed by atoms with Gasteiger partial charge in [-0.05, 0) is 55.5 Å². The van der Waals surface area contributed by atoms with E-state index in [4.69, 9.17) is 5.73 Å². The van der Waals surface area contributed by atoms with Crippen LogP contribution in [-0.4, -0.2) is 38.5 Å². The fourth-order valence-electron chi connectivity index (χ4n) is 3.09. The second-order valence-electron chi connectivity index (χ2n) is 6.16. The smallest absolute Gasteiger partial charge is 0.160 e. The number of benzene rings is 1. The summed E-state index contributed by atoms with van der Waals surface area (Å²) in [7, 11) is -2.92. The van der Waals surface area contributed by atoms with E-state index < -0.39 is 9.84 Å². The Hall–Kier alpha value is -1.07. The zero-order valence-corrected chi connectivity index (χ0v) is 13.8. The lowest BCUT2D eigenvalue weighted by atomic mass is 9.88. The Morgan fingerprint density at radius 3 is 2.52 bits per heavy atom. The summed E-state index contributed by atoms with van der Waals surface area (Å²) in [6.45, 7) is 3.87. The summed E-state index contributed by atoms with van der Waals surface area (Å²) in [5.74, 6) is 0.708. The average molecular weight is 310 g/mol. The Labute approximate surface area is 128 Å². The quantitative estimate of drug-likeness (QED) is 0.848. The highest BCUT2D eigenvalue weighted by molar-refractivity contribution is 7.90. The Kier molecular flexibility index (Phi) is 5.27. The second-order valence-corrected chi connectivity index (χ2v) is 8.27. The van der Waals surface area contributed by atoms with Gasteiger partial charge in [-0.25, -0.2) is 8.42 Å². The zero-order chi connectivity index (χ0) is 15.5. The molecule has 4 nitrogen and oxygen atoms in total. The summed E-state index contributed by atoms with van der Waals surface area (Å²) in [5, 5.41) is 0. The third kappa shape index (κ3) is 4.71. The predicted octanol–water partition coefficient (Wildman–Crippen LogP) is 2.40. The van der Waals surface area contributed by atoms with E-state index in [-0.39, 0.29) is 5.88 Å². The Bertz CT molecular complexity index is 576. The molecule has 1 heterocycles. The molecule has 1 aliphatic heterocycles. The summed E-state index contributed by atoms with van der Waals surface area (Å²) in [6.07, 6.45) is 5.46. The first-order valence-corrected chi connectivity index (χ1v) is 9.73. The zero-order valence-electron chi connectivity index (χ0n) is 13.0. The van der Waals surface area contributed by atoms with Crippen molar-refractivity contribution in [3.8, 4) is 0 Å². The first-order valence-electron chi connectivity index (χ1n) is 7.67. The highest BCUT2D eigenvalue weighted by atomic mass is 32.2. The van der Waals surface area contributed by atoms with Crippen LogP contribution in [-0.2, 0) is 16.3 Å². The predicted molar refractivity (Wildman–Crippen MR) is 88.1 cm³/mol. The molecule has 118 valence electrons. The van der Waals surface area contributed by atoms with Crippen LogP contribution in [0.1, 0.15) is 43.2 Å². The molecule has 0 bridgehead atoms. The number of sulfone groups is 1. The van der Waals surface area contributed by atoms with Gasteiger partial charge in [-0.3, -0.25) is 4.90 Å². The SMILES string of the molecule is CCCc1cc(C2CCN(CS(C)(=O)=O)CC2)ccc1N. The van der Waals surface area contributed by atoms with E-state index in [9.17, 15) is 8.42 Å². The van der Waals surface area contributed by atoms with E-state index in [2.05, 4.69) is 19.1 Å². The van der Waals surface area contributed by atoms with Crippen LogP contribution in [0.25, 0.3) is 0 Å². The Morgan fingerprint density at radius 1 is 1.29 bits per heavy atom. The van der Waals surface area contributed by atoms with Crippen molar-refractivity contribution in [1.82, 2.24) is 4.90 Å². The largest absolute Gasteiger partial charge is 0.399 e. The van der Waals surface area contributed by atoms with Crippen molar-refractivity contribution in [3.63, 3.8) is 0 Å². The fraction of sp³-hybridized carbons (Fsp3) is 0.625. The summed E-state index contributed by atoms with van der Waals surface area (Å²) >= 11 is 0. The van der Waals surface area contributed by atoms with Gasteiger partial charge in [0, 0.05) is 11.9 Å². The first kappa shape index (κ1) is 16.3. The number of anilines is 1. The van der Waals surface area contributed by atoms with Crippen molar-refractivity contribution >= 4 is 15.5 Å². The van der Waals surface area contributed by atoms with Crippen molar-refractivity contribution in [3.05, 3.63) is 29.3 Å². The van der Waals surface area contributed by atoms with Gasteiger partial charge in [-0.2, -0.15) is 0 Å². The van der Waals surface area contributed by atoms with Crippen LogP contribution in [0.4, 0.5) is 5.69 Å². The fourth-order valence-corrected chi connectivity index (χ4v) is 4.01. The maximum absolute atomic E-state index is 11.3. The molecular weight excluding hydrogens is 284 g/mol. The molecule has 1 aromatic carbocycles.